The van der Waals surface area contributed by atoms with Crippen LogP contribution in [0.2, 0.25) is 0 Å². The lowest BCUT2D eigenvalue weighted by Crippen LogP contribution is -2.45. The zero-order valence-corrected chi connectivity index (χ0v) is 12.3. The molecule has 19 heavy (non-hydrogen) atoms. The number of nitrogens with one attached hydrogen (secondary N) is 1. The van der Waals surface area contributed by atoms with E-state index in [0.29, 0.717) is 12.0 Å². The number of amides is 1. The number of carbonyl (C=O) groups excluding carboxylic acids is 1. The summed E-state index contributed by atoms with van der Waals surface area (Å²) in [4.78, 5) is 14.4. The minimum atomic E-state index is -0.282. The molecule has 4 heteroatoms. The van der Waals surface area contributed by atoms with Crippen LogP contribution < -0.4 is 5.32 Å². The van der Waals surface area contributed by atoms with Gasteiger partial charge in [-0.2, -0.15) is 5.26 Å². The maximum atomic E-state index is 12.0. The van der Waals surface area contributed by atoms with Gasteiger partial charge in [0.05, 0.1) is 17.4 Å². The molecule has 106 valence electrons. The highest BCUT2D eigenvalue weighted by Gasteiger charge is 2.44. The van der Waals surface area contributed by atoms with E-state index in [0.717, 1.165) is 38.8 Å². The SMILES string of the molecule is CNC(=O)C1(C)CCN(C2CC(C)CCC2C#N)C1. The summed E-state index contributed by atoms with van der Waals surface area (Å²) in [5.74, 6) is 0.970. The molecule has 4 nitrogen and oxygen atoms in total. The van der Waals surface area contributed by atoms with Crippen LogP contribution in [-0.4, -0.2) is 37.0 Å². The van der Waals surface area contributed by atoms with Crippen molar-refractivity contribution in [1.29, 1.82) is 5.26 Å². The second kappa shape index (κ2) is 5.50. The molecule has 2 rings (SSSR count). The molecule has 0 bridgehead atoms. The van der Waals surface area contributed by atoms with Gasteiger partial charge >= 0.3 is 0 Å². The molecule has 0 aromatic heterocycles. The molecule has 1 amide bonds. The maximum Gasteiger partial charge on any atom is 0.227 e. The van der Waals surface area contributed by atoms with Gasteiger partial charge in [-0.15, -0.1) is 0 Å². The molecular weight excluding hydrogens is 238 g/mol. The Labute approximate surface area is 116 Å². The fourth-order valence-corrected chi connectivity index (χ4v) is 3.67. The highest BCUT2D eigenvalue weighted by Crippen LogP contribution is 2.38. The van der Waals surface area contributed by atoms with Gasteiger partial charge in [0.15, 0.2) is 0 Å². The number of likely N-dealkylation sites (tertiary alicyclic amines) is 1. The summed E-state index contributed by atoms with van der Waals surface area (Å²) in [6.07, 6.45) is 4.17. The van der Waals surface area contributed by atoms with Crippen molar-refractivity contribution in [2.75, 3.05) is 20.1 Å². The number of hydrogen-bond acceptors (Lipinski definition) is 3. The van der Waals surface area contributed by atoms with E-state index in [1.54, 1.807) is 7.05 Å². The van der Waals surface area contributed by atoms with Crippen molar-refractivity contribution in [2.24, 2.45) is 17.3 Å². The van der Waals surface area contributed by atoms with Crippen molar-refractivity contribution in [1.82, 2.24) is 10.2 Å². The van der Waals surface area contributed by atoms with Crippen LogP contribution in [0.1, 0.15) is 39.5 Å². The lowest BCUT2D eigenvalue weighted by molar-refractivity contribution is -0.129. The largest absolute Gasteiger partial charge is 0.359 e. The van der Waals surface area contributed by atoms with Gasteiger partial charge in [0.2, 0.25) is 5.91 Å². The second-order valence-electron chi connectivity index (χ2n) is 6.58. The van der Waals surface area contributed by atoms with Crippen LogP contribution in [0.5, 0.6) is 0 Å². The van der Waals surface area contributed by atoms with Crippen LogP contribution in [0.15, 0.2) is 0 Å². The third-order valence-corrected chi connectivity index (χ3v) is 4.99. The first-order valence-corrected chi connectivity index (χ1v) is 7.36. The molecule has 1 aliphatic carbocycles. The van der Waals surface area contributed by atoms with E-state index >= 15 is 0 Å². The topological polar surface area (TPSA) is 56.1 Å². The van der Waals surface area contributed by atoms with Gasteiger partial charge in [-0.05, 0) is 45.1 Å². The lowest BCUT2D eigenvalue weighted by atomic mass is 9.79. The first-order valence-electron chi connectivity index (χ1n) is 7.36. The molecule has 1 saturated heterocycles. The summed E-state index contributed by atoms with van der Waals surface area (Å²) >= 11 is 0. The van der Waals surface area contributed by atoms with E-state index in [9.17, 15) is 10.1 Å². The van der Waals surface area contributed by atoms with Crippen molar-refractivity contribution in [3.8, 4) is 6.07 Å². The Morgan fingerprint density at radius 1 is 1.47 bits per heavy atom. The van der Waals surface area contributed by atoms with Gasteiger partial charge in [0.1, 0.15) is 0 Å². The quantitative estimate of drug-likeness (QED) is 0.826. The van der Waals surface area contributed by atoms with Crippen LogP contribution in [-0.2, 0) is 4.79 Å². The number of carbonyl (C=O) groups is 1. The summed E-state index contributed by atoms with van der Waals surface area (Å²) in [6.45, 7) is 6.05. The van der Waals surface area contributed by atoms with E-state index in [2.05, 4.69) is 23.2 Å². The molecule has 0 spiro atoms. The lowest BCUT2D eigenvalue weighted by Gasteiger charge is -2.38. The average molecular weight is 263 g/mol. The molecule has 1 heterocycles. The van der Waals surface area contributed by atoms with E-state index in [1.165, 1.54) is 0 Å². The number of rotatable bonds is 2. The molecule has 0 aromatic rings. The molecule has 0 radical (unpaired) electrons. The monoisotopic (exact) mass is 263 g/mol. The average Bonchev–Trinajstić information content (AvgIpc) is 2.81. The van der Waals surface area contributed by atoms with Gasteiger partial charge in [0.25, 0.3) is 0 Å². The minimum absolute atomic E-state index is 0.132. The normalized spacial score (nSPS) is 39.8. The smallest absolute Gasteiger partial charge is 0.227 e. The van der Waals surface area contributed by atoms with Gasteiger partial charge in [0, 0.05) is 19.6 Å². The van der Waals surface area contributed by atoms with E-state index in [1.807, 2.05) is 6.92 Å². The van der Waals surface area contributed by atoms with Crippen LogP contribution in [0.25, 0.3) is 0 Å². The third-order valence-electron chi connectivity index (χ3n) is 4.99. The Kier molecular flexibility index (Phi) is 4.15. The molecule has 1 aliphatic heterocycles. The summed E-state index contributed by atoms with van der Waals surface area (Å²) in [6, 6.07) is 2.83. The highest BCUT2D eigenvalue weighted by molar-refractivity contribution is 5.82. The molecule has 2 aliphatic rings. The van der Waals surface area contributed by atoms with Crippen molar-refractivity contribution in [3.05, 3.63) is 0 Å². The molecule has 4 atom stereocenters. The molecule has 1 N–H and O–H groups in total. The zero-order chi connectivity index (χ0) is 14.0. The molecule has 4 unspecified atom stereocenters. The Morgan fingerprint density at radius 3 is 2.84 bits per heavy atom. The maximum absolute atomic E-state index is 12.0. The number of hydrogen-bond donors (Lipinski definition) is 1. The predicted octanol–water partition coefficient (Wildman–Crippen LogP) is 1.77. The molecule has 0 aromatic carbocycles. The molecule has 1 saturated carbocycles. The summed E-state index contributed by atoms with van der Waals surface area (Å²) in [5.41, 5.74) is -0.282. The summed E-state index contributed by atoms with van der Waals surface area (Å²) < 4.78 is 0. The molecular formula is C15H25N3O. The van der Waals surface area contributed by atoms with Crippen LogP contribution in [0.4, 0.5) is 0 Å². The van der Waals surface area contributed by atoms with Crippen LogP contribution in [0, 0.1) is 28.6 Å². The molecule has 2 fully saturated rings. The van der Waals surface area contributed by atoms with Gasteiger partial charge in [-0.25, -0.2) is 0 Å². The van der Waals surface area contributed by atoms with E-state index in [4.69, 9.17) is 0 Å². The van der Waals surface area contributed by atoms with E-state index < -0.39 is 0 Å². The zero-order valence-electron chi connectivity index (χ0n) is 12.3. The number of nitriles is 1. The first kappa shape index (κ1) is 14.3. The van der Waals surface area contributed by atoms with Gasteiger partial charge in [-0.1, -0.05) is 6.92 Å². The van der Waals surface area contributed by atoms with Crippen molar-refractivity contribution >= 4 is 5.91 Å². The van der Waals surface area contributed by atoms with E-state index in [-0.39, 0.29) is 17.2 Å². The predicted molar refractivity (Wildman–Crippen MR) is 74.3 cm³/mol. The van der Waals surface area contributed by atoms with Gasteiger partial charge in [-0.3, -0.25) is 9.69 Å². The fourth-order valence-electron chi connectivity index (χ4n) is 3.67. The van der Waals surface area contributed by atoms with Crippen molar-refractivity contribution in [3.63, 3.8) is 0 Å². The summed E-state index contributed by atoms with van der Waals surface area (Å²) in [7, 11) is 1.71. The fraction of sp³-hybridized carbons (Fsp3) is 0.867. The van der Waals surface area contributed by atoms with Crippen molar-refractivity contribution < 1.29 is 4.79 Å². The Bertz CT molecular complexity index is 389. The van der Waals surface area contributed by atoms with Crippen LogP contribution >= 0.6 is 0 Å². The van der Waals surface area contributed by atoms with Crippen LogP contribution in [0.3, 0.4) is 0 Å². The first-order chi connectivity index (χ1) is 9.00. The Morgan fingerprint density at radius 2 is 2.21 bits per heavy atom. The highest BCUT2D eigenvalue weighted by atomic mass is 16.2. The number of nitrogens with zero attached hydrogens (tertiary/aromatic N) is 2. The third kappa shape index (κ3) is 2.76. The summed E-state index contributed by atoms with van der Waals surface area (Å²) in [5, 5.41) is 12.1. The second-order valence-corrected chi connectivity index (χ2v) is 6.58. The Hall–Kier alpha value is -1.08. The van der Waals surface area contributed by atoms with Crippen molar-refractivity contribution in [2.45, 2.75) is 45.6 Å². The minimum Gasteiger partial charge on any atom is -0.359 e. The Balaban J connectivity index is 2.07. The standard InChI is InChI=1S/C15H25N3O/c1-11-4-5-12(9-16)13(8-11)18-7-6-15(2,10-18)14(19)17-3/h11-13H,4-8,10H2,1-3H3,(H,17,19). The van der Waals surface area contributed by atoms with Gasteiger partial charge < -0.3 is 5.32 Å².